The van der Waals surface area contributed by atoms with E-state index in [1.165, 1.54) is 26.0 Å². The molecule has 0 spiro atoms. The number of carbonyl (C=O) groups is 1. The molecule has 0 aliphatic heterocycles. The highest BCUT2D eigenvalue weighted by Gasteiger charge is 2.18. The van der Waals surface area contributed by atoms with Crippen LogP contribution in [0.4, 0.5) is 0 Å². The Morgan fingerprint density at radius 2 is 1.95 bits per heavy atom. The first-order valence-corrected chi connectivity index (χ1v) is 7.21. The van der Waals surface area contributed by atoms with Crippen molar-refractivity contribution in [2.75, 3.05) is 13.7 Å². The normalized spacial score (nSPS) is 10.3. The number of aromatic hydroxyl groups is 1. The van der Waals surface area contributed by atoms with Crippen molar-refractivity contribution >= 4 is 5.78 Å². The van der Waals surface area contributed by atoms with E-state index < -0.39 is 0 Å². The number of rotatable bonds is 9. The van der Waals surface area contributed by atoms with Crippen LogP contribution in [0.15, 0.2) is 12.1 Å². The lowest BCUT2D eigenvalue weighted by atomic mass is 10.1. The van der Waals surface area contributed by atoms with Crippen molar-refractivity contribution in [3.63, 3.8) is 0 Å². The number of phenolic OH excluding ortho intramolecular Hbond substituents is 1. The van der Waals surface area contributed by atoms with Gasteiger partial charge in [-0.15, -0.1) is 0 Å². The standard InChI is InChI=1S/C16H24O4/c1-4-6-7-8-9-20-15-11-12(19-3)10-14(18)16(15)13(17)5-2/h10-11,18H,4-9H2,1-3H3. The number of hydrogen-bond acceptors (Lipinski definition) is 4. The Balaban J connectivity index is 2.84. The average molecular weight is 280 g/mol. The van der Waals surface area contributed by atoms with Crippen LogP contribution < -0.4 is 9.47 Å². The van der Waals surface area contributed by atoms with Crippen LogP contribution in [0.3, 0.4) is 0 Å². The number of phenols is 1. The smallest absolute Gasteiger partial charge is 0.170 e. The minimum atomic E-state index is -0.131. The minimum Gasteiger partial charge on any atom is -0.507 e. The lowest BCUT2D eigenvalue weighted by Crippen LogP contribution is -2.05. The summed E-state index contributed by atoms with van der Waals surface area (Å²) >= 11 is 0. The topological polar surface area (TPSA) is 55.8 Å². The molecule has 1 N–H and O–H groups in total. The molecule has 0 saturated carbocycles. The van der Waals surface area contributed by atoms with E-state index in [1.807, 2.05) is 0 Å². The summed E-state index contributed by atoms with van der Waals surface area (Å²) in [5, 5.41) is 9.96. The summed E-state index contributed by atoms with van der Waals surface area (Å²) in [6.45, 7) is 4.45. The van der Waals surface area contributed by atoms with Gasteiger partial charge in [0, 0.05) is 18.6 Å². The van der Waals surface area contributed by atoms with E-state index in [-0.39, 0.29) is 17.1 Å². The van der Waals surface area contributed by atoms with Crippen molar-refractivity contribution in [1.82, 2.24) is 0 Å². The number of ether oxygens (including phenoxy) is 2. The second-order valence-corrected chi connectivity index (χ2v) is 4.71. The number of Topliss-reactive ketones (excluding diaryl/α,β-unsaturated/α-hetero) is 1. The second-order valence-electron chi connectivity index (χ2n) is 4.71. The van der Waals surface area contributed by atoms with Crippen LogP contribution in [0.1, 0.15) is 56.3 Å². The molecule has 0 aliphatic carbocycles. The fourth-order valence-electron chi connectivity index (χ4n) is 1.98. The van der Waals surface area contributed by atoms with Gasteiger partial charge >= 0.3 is 0 Å². The maximum Gasteiger partial charge on any atom is 0.170 e. The Bertz CT molecular complexity index is 440. The molecule has 0 fully saturated rings. The largest absolute Gasteiger partial charge is 0.507 e. The summed E-state index contributed by atoms with van der Waals surface area (Å²) in [5.74, 6) is 0.678. The zero-order valence-electron chi connectivity index (χ0n) is 12.6. The zero-order chi connectivity index (χ0) is 15.0. The Hall–Kier alpha value is -1.71. The predicted molar refractivity (Wildman–Crippen MR) is 78.9 cm³/mol. The van der Waals surface area contributed by atoms with Crippen molar-refractivity contribution in [2.24, 2.45) is 0 Å². The maximum absolute atomic E-state index is 11.9. The zero-order valence-corrected chi connectivity index (χ0v) is 12.6. The van der Waals surface area contributed by atoms with Gasteiger partial charge in [-0.1, -0.05) is 33.1 Å². The number of carbonyl (C=O) groups excluding carboxylic acids is 1. The molecule has 0 amide bonds. The average Bonchev–Trinajstić information content (AvgIpc) is 2.45. The molecule has 1 rings (SSSR count). The van der Waals surface area contributed by atoms with Crippen LogP contribution in [0, 0.1) is 0 Å². The Kier molecular flexibility index (Phi) is 6.91. The summed E-state index contributed by atoms with van der Waals surface area (Å²) in [5.41, 5.74) is 0.254. The monoisotopic (exact) mass is 280 g/mol. The fourth-order valence-corrected chi connectivity index (χ4v) is 1.98. The summed E-state index contributed by atoms with van der Waals surface area (Å²) < 4.78 is 10.8. The van der Waals surface area contributed by atoms with Crippen LogP contribution in [0.5, 0.6) is 17.2 Å². The van der Waals surface area contributed by atoms with Crippen LogP contribution in [-0.4, -0.2) is 24.6 Å². The van der Waals surface area contributed by atoms with E-state index >= 15 is 0 Å². The fraction of sp³-hybridized carbons (Fsp3) is 0.562. The third kappa shape index (κ3) is 4.44. The molecule has 0 heterocycles. The van der Waals surface area contributed by atoms with Crippen LogP contribution in [-0.2, 0) is 0 Å². The molecule has 0 aliphatic rings. The second kappa shape index (κ2) is 8.46. The van der Waals surface area contributed by atoms with E-state index in [0.717, 1.165) is 12.8 Å². The van der Waals surface area contributed by atoms with Crippen molar-refractivity contribution in [3.8, 4) is 17.2 Å². The molecular formula is C16H24O4. The first-order chi connectivity index (χ1) is 9.63. The van der Waals surface area contributed by atoms with E-state index in [9.17, 15) is 9.90 Å². The van der Waals surface area contributed by atoms with Gasteiger partial charge in [-0.05, 0) is 6.42 Å². The van der Waals surface area contributed by atoms with E-state index in [0.29, 0.717) is 24.5 Å². The number of hydrogen-bond donors (Lipinski definition) is 1. The predicted octanol–water partition coefficient (Wildman–Crippen LogP) is 3.95. The SMILES string of the molecule is CCCCCCOc1cc(OC)cc(O)c1C(=O)CC. The lowest BCUT2D eigenvalue weighted by Gasteiger charge is -2.13. The number of benzene rings is 1. The molecule has 0 atom stereocenters. The highest BCUT2D eigenvalue weighted by Crippen LogP contribution is 2.34. The van der Waals surface area contributed by atoms with Gasteiger partial charge in [0.05, 0.1) is 13.7 Å². The van der Waals surface area contributed by atoms with Crippen molar-refractivity contribution in [3.05, 3.63) is 17.7 Å². The van der Waals surface area contributed by atoms with Gasteiger partial charge in [-0.2, -0.15) is 0 Å². The molecule has 4 heteroatoms. The molecular weight excluding hydrogens is 256 g/mol. The van der Waals surface area contributed by atoms with Gasteiger partial charge in [0.25, 0.3) is 0 Å². The Labute approximate surface area is 120 Å². The number of unbranched alkanes of at least 4 members (excludes halogenated alkanes) is 3. The molecule has 0 unspecified atom stereocenters. The van der Waals surface area contributed by atoms with Gasteiger partial charge in [0.1, 0.15) is 22.8 Å². The Morgan fingerprint density at radius 3 is 2.55 bits per heavy atom. The van der Waals surface area contributed by atoms with Gasteiger partial charge in [-0.25, -0.2) is 0 Å². The van der Waals surface area contributed by atoms with Crippen LogP contribution in [0.2, 0.25) is 0 Å². The quantitative estimate of drug-likeness (QED) is 0.549. The summed E-state index contributed by atoms with van der Waals surface area (Å²) in [4.78, 5) is 11.9. The molecule has 0 saturated heterocycles. The summed E-state index contributed by atoms with van der Waals surface area (Å²) in [6.07, 6.45) is 4.70. The van der Waals surface area contributed by atoms with E-state index in [1.54, 1.807) is 13.0 Å². The van der Waals surface area contributed by atoms with E-state index in [2.05, 4.69) is 6.92 Å². The van der Waals surface area contributed by atoms with Crippen LogP contribution >= 0.6 is 0 Å². The van der Waals surface area contributed by atoms with Crippen LogP contribution in [0.25, 0.3) is 0 Å². The Morgan fingerprint density at radius 1 is 1.20 bits per heavy atom. The van der Waals surface area contributed by atoms with Crippen molar-refractivity contribution < 1.29 is 19.4 Å². The van der Waals surface area contributed by atoms with Crippen molar-refractivity contribution in [1.29, 1.82) is 0 Å². The highest BCUT2D eigenvalue weighted by atomic mass is 16.5. The first-order valence-electron chi connectivity index (χ1n) is 7.21. The lowest BCUT2D eigenvalue weighted by molar-refractivity contribution is 0.0981. The van der Waals surface area contributed by atoms with Gasteiger partial charge in [0.2, 0.25) is 0 Å². The maximum atomic E-state index is 11.9. The third-order valence-electron chi connectivity index (χ3n) is 3.15. The molecule has 4 nitrogen and oxygen atoms in total. The first kappa shape index (κ1) is 16.3. The molecule has 1 aromatic rings. The third-order valence-corrected chi connectivity index (χ3v) is 3.15. The molecule has 0 bridgehead atoms. The highest BCUT2D eigenvalue weighted by molar-refractivity contribution is 6.01. The molecule has 0 radical (unpaired) electrons. The minimum absolute atomic E-state index is 0.0836. The molecule has 112 valence electrons. The van der Waals surface area contributed by atoms with Gasteiger partial charge in [-0.3, -0.25) is 4.79 Å². The van der Waals surface area contributed by atoms with E-state index in [4.69, 9.17) is 9.47 Å². The van der Waals surface area contributed by atoms with Crippen molar-refractivity contribution in [2.45, 2.75) is 46.0 Å². The summed E-state index contributed by atoms with van der Waals surface area (Å²) in [6, 6.07) is 3.09. The number of ketones is 1. The molecule has 1 aromatic carbocycles. The number of methoxy groups -OCH3 is 1. The summed E-state index contributed by atoms with van der Waals surface area (Å²) in [7, 11) is 1.51. The van der Waals surface area contributed by atoms with Gasteiger partial charge < -0.3 is 14.6 Å². The van der Waals surface area contributed by atoms with Gasteiger partial charge in [0.15, 0.2) is 5.78 Å². The molecule has 20 heavy (non-hydrogen) atoms. The molecule has 0 aromatic heterocycles.